The van der Waals surface area contributed by atoms with E-state index >= 15 is 4.39 Å². The minimum atomic E-state index is -5.19. The number of alkyl halides is 3. The van der Waals surface area contributed by atoms with Crippen molar-refractivity contribution in [3.63, 3.8) is 0 Å². The highest BCUT2D eigenvalue weighted by Crippen LogP contribution is 2.45. The number of carboxylic acid groups (broad SMARTS) is 1. The van der Waals surface area contributed by atoms with Crippen LogP contribution >= 0.6 is 0 Å². The molecule has 4 aliphatic rings. The van der Waals surface area contributed by atoms with E-state index < -0.39 is 17.6 Å². The molecule has 1 aliphatic carbocycles. The Hall–Kier alpha value is -2.98. The van der Waals surface area contributed by atoms with Crippen LogP contribution in [0.2, 0.25) is 0 Å². The van der Waals surface area contributed by atoms with Crippen LogP contribution in [0, 0.1) is 24.6 Å². The van der Waals surface area contributed by atoms with Crippen LogP contribution in [-0.4, -0.2) is 61.3 Å². The van der Waals surface area contributed by atoms with Crippen molar-refractivity contribution < 1.29 is 42.3 Å². The molecular formula is C35H44F4N2O4. The van der Waals surface area contributed by atoms with Gasteiger partial charge in [-0.2, -0.15) is 13.2 Å². The first-order chi connectivity index (χ1) is 21.4. The summed E-state index contributed by atoms with van der Waals surface area (Å²) in [7, 11) is 0. The number of rotatable bonds is 3. The number of ether oxygens (including phenoxy) is 1. The number of carbonyl (C=O) groups is 2. The number of nitrogens with zero attached hydrogens (tertiary/aromatic N) is 1. The molecule has 5 atom stereocenters. The number of fused-ring (bicyclic) bond motifs is 2. The van der Waals surface area contributed by atoms with Crippen LogP contribution in [0.3, 0.4) is 0 Å². The lowest BCUT2D eigenvalue weighted by Gasteiger charge is -2.46. The van der Waals surface area contributed by atoms with E-state index in [9.17, 15) is 18.0 Å². The molecule has 3 fully saturated rings. The van der Waals surface area contributed by atoms with E-state index in [1.54, 1.807) is 6.07 Å². The standard InChI is InChI=1S/C33H43FN2O2.C2HF3O2/c1-22-15-27-17-23(2)38-21-33(31(27)29(34)16-22)20-35-19-28(33)32(37)36-14-13-26(24-9-5-3-6-10-24)18-30(36)25-11-7-4-8-12-25;3-2(4,5)1(6)7/h3,5-6,9-10,15-16,23,25-26,28,30,35H,4,7-8,11-14,17-21H2,1-2H3;(H,6,7)/t23-,26-,28+,30+,33+;/m1./s1. The van der Waals surface area contributed by atoms with Crippen LogP contribution in [0.5, 0.6) is 0 Å². The van der Waals surface area contributed by atoms with Crippen molar-refractivity contribution in [3.8, 4) is 0 Å². The van der Waals surface area contributed by atoms with Gasteiger partial charge in [0.1, 0.15) is 17.7 Å². The Morgan fingerprint density at radius 2 is 1.76 bits per heavy atom. The Kier molecular flexibility index (Phi) is 10.2. The minimum Gasteiger partial charge on any atom is -0.542 e. The van der Waals surface area contributed by atoms with Gasteiger partial charge in [0.25, 0.3) is 0 Å². The summed E-state index contributed by atoms with van der Waals surface area (Å²) in [5.74, 6) is -2.12. The third-order valence-electron chi connectivity index (χ3n) is 10.4. The molecule has 2 aromatic rings. The molecule has 1 spiro atoms. The molecule has 3 aliphatic heterocycles. The molecule has 2 N–H and O–H groups in total. The molecule has 1 amide bonds. The number of hydrogen-bond acceptors (Lipinski definition) is 4. The molecule has 45 heavy (non-hydrogen) atoms. The van der Waals surface area contributed by atoms with Gasteiger partial charge in [-0.25, -0.2) is 4.39 Å². The molecule has 3 heterocycles. The number of carbonyl (C=O) groups excluding carboxylic acids is 2. The molecule has 246 valence electrons. The lowest BCUT2D eigenvalue weighted by molar-refractivity contribution is -0.640. The van der Waals surface area contributed by atoms with Gasteiger partial charge in [0.15, 0.2) is 0 Å². The Labute approximate surface area is 262 Å². The fourth-order valence-electron chi connectivity index (χ4n) is 8.38. The second-order valence-electron chi connectivity index (χ2n) is 13.5. The molecule has 6 nitrogen and oxygen atoms in total. The van der Waals surface area contributed by atoms with E-state index in [4.69, 9.17) is 14.6 Å². The van der Waals surface area contributed by atoms with Crippen LogP contribution in [-0.2, 0) is 26.2 Å². The third-order valence-corrected chi connectivity index (χ3v) is 10.4. The largest absolute Gasteiger partial charge is 0.542 e. The molecule has 10 heteroatoms. The molecule has 0 unspecified atom stereocenters. The molecule has 2 aromatic carbocycles. The normalized spacial score (nSPS) is 29.0. The van der Waals surface area contributed by atoms with E-state index in [-0.39, 0.29) is 29.8 Å². The van der Waals surface area contributed by atoms with Crippen LogP contribution in [0.15, 0.2) is 42.5 Å². The number of piperidine rings is 1. The second-order valence-corrected chi connectivity index (χ2v) is 13.5. The summed E-state index contributed by atoms with van der Waals surface area (Å²) in [5, 5.41) is 11.0. The number of hydrogen-bond donors (Lipinski definition) is 1. The summed E-state index contributed by atoms with van der Waals surface area (Å²) in [6, 6.07) is 14.9. The lowest BCUT2D eigenvalue weighted by Crippen LogP contribution is -2.82. The summed E-state index contributed by atoms with van der Waals surface area (Å²) in [4.78, 5) is 25.7. The topological polar surface area (TPSA) is 86.3 Å². The first-order valence-electron chi connectivity index (χ1n) is 16.3. The van der Waals surface area contributed by atoms with Crippen molar-refractivity contribution in [2.75, 3.05) is 26.2 Å². The first kappa shape index (κ1) is 33.4. The predicted octanol–water partition coefficient (Wildman–Crippen LogP) is 4.18. The van der Waals surface area contributed by atoms with E-state index in [1.165, 1.54) is 37.7 Å². The van der Waals surface area contributed by atoms with E-state index in [2.05, 4.69) is 53.5 Å². The number of amides is 1. The van der Waals surface area contributed by atoms with Crippen LogP contribution in [0.1, 0.15) is 80.0 Å². The maximum absolute atomic E-state index is 15.8. The van der Waals surface area contributed by atoms with Crippen molar-refractivity contribution in [1.29, 1.82) is 0 Å². The maximum Gasteiger partial charge on any atom is 0.430 e. The molecule has 0 aromatic heterocycles. The highest BCUT2D eigenvalue weighted by atomic mass is 19.4. The number of carboxylic acids is 1. The Balaban J connectivity index is 0.000000515. The minimum absolute atomic E-state index is 0.0160. The monoisotopic (exact) mass is 632 g/mol. The van der Waals surface area contributed by atoms with E-state index in [1.807, 2.05) is 6.92 Å². The summed E-state index contributed by atoms with van der Waals surface area (Å²) in [6.45, 7) is 6.67. The number of halogens is 4. The summed E-state index contributed by atoms with van der Waals surface area (Å²) < 4.78 is 53.7. The Morgan fingerprint density at radius 1 is 1.07 bits per heavy atom. The molecule has 2 saturated heterocycles. The van der Waals surface area contributed by atoms with Crippen molar-refractivity contribution >= 4 is 11.9 Å². The zero-order chi connectivity index (χ0) is 32.4. The summed E-state index contributed by atoms with van der Waals surface area (Å²) in [6.07, 6.45) is 3.84. The number of quaternary nitrogens is 1. The lowest BCUT2D eigenvalue weighted by atomic mass is 9.69. The average molecular weight is 633 g/mol. The van der Waals surface area contributed by atoms with Crippen molar-refractivity contribution in [2.24, 2.45) is 11.8 Å². The van der Waals surface area contributed by atoms with Gasteiger partial charge in [-0.15, -0.1) is 0 Å². The smallest absolute Gasteiger partial charge is 0.430 e. The van der Waals surface area contributed by atoms with Crippen LogP contribution < -0.4 is 10.4 Å². The summed E-state index contributed by atoms with van der Waals surface area (Å²) >= 11 is 0. The molecule has 1 saturated carbocycles. The zero-order valence-electron chi connectivity index (χ0n) is 26.1. The van der Waals surface area contributed by atoms with Gasteiger partial charge in [0.05, 0.1) is 31.2 Å². The molecule has 0 radical (unpaired) electrons. The second kappa shape index (κ2) is 13.8. The molecule has 0 bridgehead atoms. The number of benzene rings is 2. The van der Waals surface area contributed by atoms with Gasteiger partial charge in [-0.05, 0) is 80.5 Å². The number of likely N-dealkylation sites (tertiary alicyclic amines) is 1. The average Bonchev–Trinajstić information content (AvgIpc) is 3.37. The number of aliphatic carboxylic acids is 1. The highest BCUT2D eigenvalue weighted by Gasteiger charge is 2.57. The van der Waals surface area contributed by atoms with Gasteiger partial charge < -0.3 is 24.9 Å². The highest BCUT2D eigenvalue weighted by molar-refractivity contribution is 5.82. The zero-order valence-corrected chi connectivity index (χ0v) is 26.1. The Morgan fingerprint density at radius 3 is 2.42 bits per heavy atom. The van der Waals surface area contributed by atoms with Gasteiger partial charge in [0, 0.05) is 18.2 Å². The van der Waals surface area contributed by atoms with Gasteiger partial charge >= 0.3 is 6.18 Å². The summed E-state index contributed by atoms with van der Waals surface area (Å²) in [5.41, 5.74) is 3.53. The fraction of sp³-hybridized carbons (Fsp3) is 0.600. The maximum atomic E-state index is 15.8. The van der Waals surface area contributed by atoms with Crippen molar-refractivity contribution in [1.82, 2.24) is 4.90 Å². The van der Waals surface area contributed by atoms with Gasteiger partial charge in [-0.3, -0.25) is 4.79 Å². The number of nitrogens with two attached hydrogens (primary N) is 1. The fourth-order valence-corrected chi connectivity index (χ4v) is 8.38. The van der Waals surface area contributed by atoms with Crippen molar-refractivity contribution in [3.05, 3.63) is 70.5 Å². The van der Waals surface area contributed by atoms with E-state index in [0.717, 1.165) is 36.1 Å². The first-order valence-corrected chi connectivity index (χ1v) is 16.3. The molecular weight excluding hydrogens is 588 g/mol. The van der Waals surface area contributed by atoms with Gasteiger partial charge in [-0.1, -0.05) is 55.7 Å². The third kappa shape index (κ3) is 7.22. The Bertz CT molecular complexity index is 1350. The molecule has 6 rings (SSSR count). The van der Waals surface area contributed by atoms with Gasteiger partial charge in [0.2, 0.25) is 5.91 Å². The van der Waals surface area contributed by atoms with Crippen LogP contribution in [0.4, 0.5) is 17.6 Å². The SMILES string of the molecule is Cc1cc(F)c2c(c1)C[C@@H](C)OC[C@]21C[NH2+]C[C@H]1C(=O)N1CC[C@@H](c2ccccc2)C[C@H]1C1CCCCC1.O=C([O-])C(F)(F)F. The van der Waals surface area contributed by atoms with Crippen molar-refractivity contribution in [2.45, 2.75) is 94.9 Å². The quantitative estimate of drug-likeness (QED) is 0.515. The number of aryl methyl sites for hydroxylation is 1. The predicted molar refractivity (Wildman–Crippen MR) is 159 cm³/mol. The van der Waals surface area contributed by atoms with Crippen LogP contribution in [0.25, 0.3) is 0 Å². The van der Waals surface area contributed by atoms with E-state index in [0.29, 0.717) is 38.0 Å².